The van der Waals surface area contributed by atoms with Crippen molar-refractivity contribution < 1.29 is 4.79 Å². The third-order valence-electron chi connectivity index (χ3n) is 4.78. The third kappa shape index (κ3) is 4.76. The first-order valence-electron chi connectivity index (χ1n) is 8.78. The summed E-state index contributed by atoms with van der Waals surface area (Å²) in [5, 5.41) is 0. The van der Waals surface area contributed by atoms with Crippen LogP contribution in [-0.4, -0.2) is 55.4 Å². The molecule has 0 amide bonds. The largest absolute Gasteiger partial charge is 0.304 e. The second-order valence-corrected chi connectivity index (χ2v) is 6.69. The van der Waals surface area contributed by atoms with E-state index in [-0.39, 0.29) is 5.78 Å². The molecular formula is C21H26N2O. The Kier molecular flexibility index (Phi) is 5.78. The van der Waals surface area contributed by atoms with Gasteiger partial charge in [0.2, 0.25) is 0 Å². The summed E-state index contributed by atoms with van der Waals surface area (Å²) in [6, 6.07) is 18.7. The van der Waals surface area contributed by atoms with Gasteiger partial charge in [-0.1, -0.05) is 54.6 Å². The molecule has 0 bridgehead atoms. The zero-order valence-electron chi connectivity index (χ0n) is 14.4. The summed E-state index contributed by atoms with van der Waals surface area (Å²) in [6.07, 6.45) is 2.05. The van der Waals surface area contributed by atoms with Crippen molar-refractivity contribution in [1.29, 1.82) is 0 Å². The lowest BCUT2D eigenvalue weighted by atomic mass is 10.0. The molecule has 1 aliphatic heterocycles. The van der Waals surface area contributed by atoms with Crippen molar-refractivity contribution in [2.75, 3.05) is 39.8 Å². The molecule has 0 aromatic heterocycles. The predicted molar refractivity (Wildman–Crippen MR) is 98.6 cm³/mol. The van der Waals surface area contributed by atoms with Crippen LogP contribution in [0.15, 0.2) is 54.6 Å². The predicted octanol–water partition coefficient (Wildman–Crippen LogP) is 2.90. The summed E-state index contributed by atoms with van der Waals surface area (Å²) in [5.41, 5.74) is 3.47. The standard InChI is InChI=1S/C21H26N2O/c1-22-13-15-23(16-14-22)17-21(24)20-11-9-19(10-12-20)8-7-18-5-3-2-4-6-18/h2-6,9-12H,7-8,13-17H2,1H3. The van der Waals surface area contributed by atoms with Crippen molar-refractivity contribution >= 4 is 5.78 Å². The number of piperazine rings is 1. The quantitative estimate of drug-likeness (QED) is 0.764. The highest BCUT2D eigenvalue weighted by Crippen LogP contribution is 2.11. The highest BCUT2D eigenvalue weighted by Gasteiger charge is 2.17. The number of Topliss-reactive ketones (excluding diaryl/α,β-unsaturated/α-hetero) is 1. The molecule has 3 heteroatoms. The summed E-state index contributed by atoms with van der Waals surface area (Å²) >= 11 is 0. The highest BCUT2D eigenvalue weighted by molar-refractivity contribution is 5.97. The van der Waals surface area contributed by atoms with Crippen LogP contribution in [-0.2, 0) is 12.8 Å². The zero-order valence-corrected chi connectivity index (χ0v) is 14.4. The van der Waals surface area contributed by atoms with E-state index in [0.29, 0.717) is 6.54 Å². The minimum atomic E-state index is 0.231. The van der Waals surface area contributed by atoms with Crippen LogP contribution in [0.25, 0.3) is 0 Å². The van der Waals surface area contributed by atoms with Gasteiger partial charge < -0.3 is 4.90 Å². The minimum Gasteiger partial charge on any atom is -0.304 e. The van der Waals surface area contributed by atoms with E-state index < -0.39 is 0 Å². The Morgan fingerprint density at radius 3 is 2.04 bits per heavy atom. The number of nitrogens with zero attached hydrogens (tertiary/aromatic N) is 2. The van der Waals surface area contributed by atoms with Crippen molar-refractivity contribution in [2.24, 2.45) is 0 Å². The molecule has 0 atom stereocenters. The Morgan fingerprint density at radius 1 is 0.833 bits per heavy atom. The minimum absolute atomic E-state index is 0.231. The average molecular weight is 322 g/mol. The second kappa shape index (κ2) is 8.22. The zero-order chi connectivity index (χ0) is 16.8. The van der Waals surface area contributed by atoms with Crippen molar-refractivity contribution in [1.82, 2.24) is 9.80 Å². The second-order valence-electron chi connectivity index (χ2n) is 6.69. The molecule has 0 radical (unpaired) electrons. The van der Waals surface area contributed by atoms with Crippen LogP contribution in [0.5, 0.6) is 0 Å². The van der Waals surface area contributed by atoms with Crippen LogP contribution in [0.1, 0.15) is 21.5 Å². The molecule has 24 heavy (non-hydrogen) atoms. The topological polar surface area (TPSA) is 23.6 Å². The van der Waals surface area contributed by atoms with Gasteiger partial charge in [-0.3, -0.25) is 9.69 Å². The van der Waals surface area contributed by atoms with Crippen molar-refractivity contribution in [3.05, 3.63) is 71.3 Å². The van der Waals surface area contributed by atoms with E-state index >= 15 is 0 Å². The summed E-state index contributed by atoms with van der Waals surface area (Å²) in [4.78, 5) is 17.0. The number of hydrogen-bond donors (Lipinski definition) is 0. The Bertz CT molecular complexity index is 643. The van der Waals surface area contributed by atoms with E-state index in [4.69, 9.17) is 0 Å². The Hall–Kier alpha value is -1.97. The normalized spacial score (nSPS) is 16.2. The lowest BCUT2D eigenvalue weighted by Crippen LogP contribution is -2.46. The van der Waals surface area contributed by atoms with Gasteiger partial charge in [-0.2, -0.15) is 0 Å². The molecule has 1 aliphatic rings. The molecule has 0 unspecified atom stereocenters. The van der Waals surface area contributed by atoms with Crippen LogP contribution in [0.3, 0.4) is 0 Å². The molecule has 1 saturated heterocycles. The van der Waals surface area contributed by atoms with Crippen LogP contribution in [0.2, 0.25) is 0 Å². The molecule has 1 fully saturated rings. The summed E-state index contributed by atoms with van der Waals surface area (Å²) in [6.45, 7) is 4.60. The fourth-order valence-corrected chi connectivity index (χ4v) is 3.09. The number of benzene rings is 2. The first-order chi connectivity index (χ1) is 11.7. The third-order valence-corrected chi connectivity index (χ3v) is 4.78. The number of carbonyl (C=O) groups is 1. The number of rotatable bonds is 6. The van der Waals surface area contributed by atoms with Gasteiger partial charge >= 0.3 is 0 Å². The van der Waals surface area contributed by atoms with Crippen LogP contribution in [0.4, 0.5) is 0 Å². The van der Waals surface area contributed by atoms with E-state index in [0.717, 1.165) is 44.6 Å². The molecule has 126 valence electrons. The molecule has 3 rings (SSSR count). The van der Waals surface area contributed by atoms with Crippen LogP contribution in [0, 0.1) is 0 Å². The molecule has 0 N–H and O–H groups in total. The van der Waals surface area contributed by atoms with Crippen LogP contribution >= 0.6 is 0 Å². The number of likely N-dealkylation sites (N-methyl/N-ethyl adjacent to an activating group) is 1. The Morgan fingerprint density at radius 2 is 1.42 bits per heavy atom. The van der Waals surface area contributed by atoms with Gasteiger partial charge in [-0.15, -0.1) is 0 Å². The summed E-state index contributed by atoms with van der Waals surface area (Å²) in [5.74, 6) is 0.231. The van der Waals surface area contributed by atoms with E-state index in [1.165, 1.54) is 11.1 Å². The molecule has 0 spiro atoms. The Balaban J connectivity index is 1.51. The highest BCUT2D eigenvalue weighted by atomic mass is 16.1. The van der Waals surface area contributed by atoms with Crippen LogP contribution < -0.4 is 0 Å². The summed E-state index contributed by atoms with van der Waals surface area (Å²) in [7, 11) is 2.13. The molecule has 0 saturated carbocycles. The number of carbonyl (C=O) groups excluding carboxylic acids is 1. The van der Waals surface area contributed by atoms with Gasteiger partial charge in [0.1, 0.15) is 0 Å². The first-order valence-corrected chi connectivity index (χ1v) is 8.78. The SMILES string of the molecule is CN1CCN(CC(=O)c2ccc(CCc3ccccc3)cc2)CC1. The molecular weight excluding hydrogens is 296 g/mol. The van der Waals surface area contributed by atoms with Gasteiger partial charge in [0, 0.05) is 31.7 Å². The number of aryl methyl sites for hydroxylation is 2. The molecule has 3 nitrogen and oxygen atoms in total. The maximum absolute atomic E-state index is 12.4. The monoisotopic (exact) mass is 322 g/mol. The molecule has 2 aromatic carbocycles. The van der Waals surface area contributed by atoms with Crippen molar-refractivity contribution in [3.63, 3.8) is 0 Å². The molecule has 1 heterocycles. The number of ketones is 1. The maximum atomic E-state index is 12.4. The number of hydrogen-bond acceptors (Lipinski definition) is 3. The summed E-state index contributed by atoms with van der Waals surface area (Å²) < 4.78 is 0. The van der Waals surface area contributed by atoms with E-state index in [1.54, 1.807) is 0 Å². The van der Waals surface area contributed by atoms with Crippen molar-refractivity contribution in [3.8, 4) is 0 Å². The molecule has 0 aliphatic carbocycles. The lowest BCUT2D eigenvalue weighted by Gasteiger charge is -2.31. The fraction of sp³-hybridized carbons (Fsp3) is 0.381. The van der Waals surface area contributed by atoms with Crippen molar-refractivity contribution in [2.45, 2.75) is 12.8 Å². The smallest absolute Gasteiger partial charge is 0.176 e. The van der Waals surface area contributed by atoms with Gasteiger partial charge in [0.05, 0.1) is 6.54 Å². The van der Waals surface area contributed by atoms with Gasteiger partial charge in [0.15, 0.2) is 5.78 Å². The van der Waals surface area contributed by atoms with E-state index in [9.17, 15) is 4.79 Å². The van der Waals surface area contributed by atoms with Gasteiger partial charge in [-0.05, 0) is 31.0 Å². The average Bonchev–Trinajstić information content (AvgIpc) is 2.63. The fourth-order valence-electron chi connectivity index (χ4n) is 3.09. The van der Waals surface area contributed by atoms with Gasteiger partial charge in [-0.25, -0.2) is 0 Å². The maximum Gasteiger partial charge on any atom is 0.176 e. The van der Waals surface area contributed by atoms with E-state index in [1.807, 2.05) is 18.2 Å². The van der Waals surface area contributed by atoms with Gasteiger partial charge in [0.25, 0.3) is 0 Å². The van der Waals surface area contributed by atoms with E-state index in [2.05, 4.69) is 53.2 Å². The Labute approximate surface area is 144 Å². The molecule has 2 aromatic rings. The first kappa shape index (κ1) is 16.9. The lowest BCUT2D eigenvalue weighted by molar-refractivity contribution is 0.0876.